The van der Waals surface area contributed by atoms with Crippen LogP contribution in [0.1, 0.15) is 0 Å². The maximum atomic E-state index is 4.70. The minimum absolute atomic E-state index is 0.569. The fraction of sp³-hybridized carbons (Fsp3) is 1.00. The molecule has 0 saturated heterocycles. The molecule has 0 unspecified atom stereocenters. The van der Waals surface area contributed by atoms with Crippen LogP contribution in [0.5, 0.6) is 0 Å². The molecule has 0 spiro atoms. The van der Waals surface area contributed by atoms with Crippen LogP contribution < -0.4 is 5.73 Å². The van der Waals surface area contributed by atoms with Gasteiger partial charge in [0.2, 0.25) is 0 Å². The van der Waals surface area contributed by atoms with E-state index >= 15 is 0 Å². The number of hydrogen-bond donors (Lipinski definition) is 1. The maximum absolute atomic E-state index is 4.70. The van der Waals surface area contributed by atoms with Crippen molar-refractivity contribution < 1.29 is 12.7 Å². The number of rotatable bonds is 0. The summed E-state index contributed by atoms with van der Waals surface area (Å²) >= 11 is 0.569. The van der Waals surface area contributed by atoms with Gasteiger partial charge in [-0.15, -0.1) is 0 Å². The normalized spacial score (nSPS) is 5.60. The zero-order valence-corrected chi connectivity index (χ0v) is 5.15. The van der Waals surface area contributed by atoms with E-state index in [9.17, 15) is 0 Å². The van der Waals surface area contributed by atoms with Gasteiger partial charge in [-0.3, -0.25) is 0 Å². The Labute approximate surface area is 46.2 Å². The molecule has 0 bridgehead atoms. The van der Waals surface area contributed by atoms with E-state index < -0.39 is 0 Å². The SMILES string of the molecule is CN.[Cl][Ni][Cl]. The molecular weight excluding hydrogens is 156 g/mol. The summed E-state index contributed by atoms with van der Waals surface area (Å²) in [6.45, 7) is 0. The fourth-order valence-electron chi connectivity index (χ4n) is 0. The molecule has 0 rings (SSSR count). The van der Waals surface area contributed by atoms with Gasteiger partial charge in [0.15, 0.2) is 0 Å². The molecule has 0 radical (unpaired) electrons. The molecule has 1 nitrogen and oxygen atoms in total. The number of halogens is 2. The first-order valence-electron chi connectivity index (χ1n) is 0.816. The molecule has 0 saturated carbocycles. The molecule has 4 heteroatoms. The Balaban J connectivity index is 0. The summed E-state index contributed by atoms with van der Waals surface area (Å²) in [7, 11) is 10.9. The van der Waals surface area contributed by atoms with Crippen LogP contribution in [0, 0.1) is 0 Å². The molecule has 38 valence electrons. The molecule has 0 fully saturated rings. The van der Waals surface area contributed by atoms with Crippen molar-refractivity contribution in [3.8, 4) is 0 Å². The molecule has 2 N–H and O–H groups in total. The molecule has 0 aliphatic rings. The van der Waals surface area contributed by atoms with Gasteiger partial charge in [-0.1, -0.05) is 0 Å². The van der Waals surface area contributed by atoms with Crippen LogP contribution in [-0.4, -0.2) is 7.05 Å². The third kappa shape index (κ3) is 43.4. The summed E-state index contributed by atoms with van der Waals surface area (Å²) in [4.78, 5) is 0. The summed E-state index contributed by atoms with van der Waals surface area (Å²) in [5, 5.41) is 0. The zero-order valence-electron chi connectivity index (χ0n) is 2.65. The van der Waals surface area contributed by atoms with Gasteiger partial charge in [-0.05, 0) is 7.05 Å². The van der Waals surface area contributed by atoms with E-state index in [1.54, 1.807) is 0 Å². The Morgan fingerprint density at radius 1 is 1.40 bits per heavy atom. The van der Waals surface area contributed by atoms with Gasteiger partial charge in [-0.25, -0.2) is 0 Å². The monoisotopic (exact) mass is 159 g/mol. The summed E-state index contributed by atoms with van der Waals surface area (Å²) in [6, 6.07) is 0. The first kappa shape index (κ1) is 9.40. The van der Waals surface area contributed by atoms with Gasteiger partial charge in [0.1, 0.15) is 0 Å². The molecule has 5 heavy (non-hydrogen) atoms. The van der Waals surface area contributed by atoms with E-state index in [-0.39, 0.29) is 0 Å². The summed E-state index contributed by atoms with van der Waals surface area (Å²) in [5.41, 5.74) is 4.50. The second-order valence-corrected chi connectivity index (χ2v) is 1.68. The quantitative estimate of drug-likeness (QED) is 0.525. The van der Waals surface area contributed by atoms with Gasteiger partial charge in [0.05, 0.1) is 0 Å². The standard InChI is InChI=1S/CH5N.2ClH.Ni/c1-2;;;/h2H2,1H3;2*1H;/q;;;+2/p-2. The van der Waals surface area contributed by atoms with Crippen LogP contribution in [0.15, 0.2) is 0 Å². The Kier molecular flexibility index (Phi) is 37.2. The molecule has 0 atom stereocenters. The Morgan fingerprint density at radius 3 is 1.40 bits per heavy atom. The predicted octanol–water partition coefficient (Wildman–Crippen LogP) is 0.951. The molecule has 0 aromatic rings. The average molecular weight is 161 g/mol. The number of hydrogen-bond acceptors (Lipinski definition) is 1. The second kappa shape index (κ2) is 19.8. The molecule has 0 aromatic heterocycles. The van der Waals surface area contributed by atoms with Gasteiger partial charge < -0.3 is 5.73 Å². The summed E-state index contributed by atoms with van der Waals surface area (Å²) < 4.78 is 0. The minimum atomic E-state index is 0.569. The van der Waals surface area contributed by atoms with Crippen molar-refractivity contribution in [2.24, 2.45) is 5.73 Å². The first-order valence-corrected chi connectivity index (χ1v) is 3.53. The predicted molar refractivity (Wildman–Crippen MR) is 21.8 cm³/mol. The van der Waals surface area contributed by atoms with Crippen LogP contribution in [-0.2, 0) is 12.7 Å². The average Bonchev–Trinajstić information content (AvgIpc) is 1.46. The van der Waals surface area contributed by atoms with E-state index in [1.165, 1.54) is 7.05 Å². The van der Waals surface area contributed by atoms with Gasteiger partial charge in [0.25, 0.3) is 0 Å². The third-order valence-corrected chi connectivity index (χ3v) is 0. The molecule has 0 aromatic carbocycles. The Morgan fingerprint density at radius 2 is 1.40 bits per heavy atom. The first-order chi connectivity index (χ1) is 2.41. The van der Waals surface area contributed by atoms with Crippen LogP contribution in [0.3, 0.4) is 0 Å². The molecule has 0 heterocycles. The van der Waals surface area contributed by atoms with Crippen LogP contribution in [0.25, 0.3) is 0 Å². The topological polar surface area (TPSA) is 26.0 Å². The Bertz CT molecular complexity index is 9.61. The van der Waals surface area contributed by atoms with E-state index in [1.807, 2.05) is 0 Å². The van der Waals surface area contributed by atoms with Gasteiger partial charge in [0, 0.05) is 0 Å². The van der Waals surface area contributed by atoms with Crippen LogP contribution in [0.4, 0.5) is 0 Å². The van der Waals surface area contributed by atoms with Gasteiger partial charge >= 0.3 is 33.0 Å². The number of nitrogens with two attached hydrogens (primary N) is 1. The van der Waals surface area contributed by atoms with Crippen molar-refractivity contribution in [1.29, 1.82) is 0 Å². The molecule has 0 aliphatic carbocycles. The van der Waals surface area contributed by atoms with Crippen LogP contribution in [0.2, 0.25) is 0 Å². The fourth-order valence-corrected chi connectivity index (χ4v) is 0. The molecule has 0 aliphatic heterocycles. The molecular formula is CH5Cl2NNi. The third-order valence-electron chi connectivity index (χ3n) is 0. The van der Waals surface area contributed by atoms with Crippen molar-refractivity contribution in [1.82, 2.24) is 0 Å². The van der Waals surface area contributed by atoms with Crippen molar-refractivity contribution in [3.05, 3.63) is 0 Å². The zero-order chi connectivity index (χ0) is 4.71. The van der Waals surface area contributed by atoms with E-state index in [0.29, 0.717) is 12.7 Å². The van der Waals surface area contributed by atoms with Crippen LogP contribution >= 0.6 is 20.4 Å². The molecule has 0 amide bonds. The van der Waals surface area contributed by atoms with Crippen molar-refractivity contribution in [2.75, 3.05) is 7.05 Å². The summed E-state index contributed by atoms with van der Waals surface area (Å²) in [5.74, 6) is 0. The van der Waals surface area contributed by atoms with E-state index in [2.05, 4.69) is 5.73 Å². The van der Waals surface area contributed by atoms with E-state index in [4.69, 9.17) is 20.4 Å². The van der Waals surface area contributed by atoms with Crippen molar-refractivity contribution >= 4 is 20.4 Å². The Hall–Kier alpha value is 1.03. The summed E-state index contributed by atoms with van der Waals surface area (Å²) in [6.07, 6.45) is 0. The van der Waals surface area contributed by atoms with Gasteiger partial charge in [-0.2, -0.15) is 0 Å². The van der Waals surface area contributed by atoms with Crippen molar-refractivity contribution in [3.63, 3.8) is 0 Å². The van der Waals surface area contributed by atoms with Crippen molar-refractivity contribution in [2.45, 2.75) is 0 Å². The second-order valence-electron chi connectivity index (χ2n) is 0.0452. The van der Waals surface area contributed by atoms with E-state index in [0.717, 1.165) is 0 Å².